The molecule has 0 saturated carbocycles. The molecule has 1 N–H and O–H groups in total. The molecule has 2 rings (SSSR count). The highest BCUT2D eigenvalue weighted by Gasteiger charge is 2.41. The van der Waals surface area contributed by atoms with Gasteiger partial charge in [0.2, 0.25) is 0 Å². The predicted molar refractivity (Wildman–Crippen MR) is 89.6 cm³/mol. The number of carbonyl (C=O) groups is 1. The van der Waals surface area contributed by atoms with Crippen molar-refractivity contribution in [1.82, 2.24) is 9.13 Å². The van der Waals surface area contributed by atoms with Crippen LogP contribution in [-0.4, -0.2) is 45.8 Å². The molecule has 0 aliphatic heterocycles. The first-order valence-corrected chi connectivity index (χ1v) is 8.67. The van der Waals surface area contributed by atoms with Crippen LogP contribution in [0.4, 0.5) is 26.3 Å². The van der Waals surface area contributed by atoms with Crippen molar-refractivity contribution in [3.8, 4) is 0 Å². The molecular formula is C15H14F6N2O5S. The number of thiophene rings is 1. The fourth-order valence-electron chi connectivity index (χ4n) is 2.67. The number of hydrogen-bond acceptors (Lipinski definition) is 5. The molecule has 0 fully saturated rings. The molecule has 0 saturated heterocycles. The number of aryl methyl sites for hydroxylation is 2. The zero-order valence-corrected chi connectivity index (χ0v) is 15.7. The van der Waals surface area contributed by atoms with Crippen LogP contribution in [0.25, 0.3) is 10.2 Å². The highest BCUT2D eigenvalue weighted by molar-refractivity contribution is 7.20. The lowest BCUT2D eigenvalue weighted by atomic mass is 10.2. The van der Waals surface area contributed by atoms with Crippen molar-refractivity contribution >= 4 is 27.5 Å². The Hall–Kier alpha value is -2.35. The summed E-state index contributed by atoms with van der Waals surface area (Å²) in [5.74, 6) is -1.49. The molecule has 0 aliphatic rings. The fourth-order valence-corrected chi connectivity index (χ4v) is 3.83. The van der Waals surface area contributed by atoms with Crippen LogP contribution in [0.5, 0.6) is 0 Å². The van der Waals surface area contributed by atoms with Crippen molar-refractivity contribution in [3.63, 3.8) is 0 Å². The summed E-state index contributed by atoms with van der Waals surface area (Å²) in [6.07, 6.45) is -13.7. The molecule has 0 radical (unpaired) electrons. The number of fused-ring (bicyclic) bond motifs is 1. The summed E-state index contributed by atoms with van der Waals surface area (Å²) in [6, 6.07) is 0. The van der Waals surface area contributed by atoms with Crippen LogP contribution in [0.2, 0.25) is 0 Å². The van der Waals surface area contributed by atoms with E-state index in [1.807, 2.05) is 0 Å². The van der Waals surface area contributed by atoms with Crippen LogP contribution in [0.15, 0.2) is 9.59 Å². The molecule has 2 aromatic rings. The second kappa shape index (κ2) is 7.82. The van der Waals surface area contributed by atoms with E-state index in [4.69, 9.17) is 0 Å². The fraction of sp³-hybridized carbons (Fsp3) is 0.533. The highest BCUT2D eigenvalue weighted by Crippen LogP contribution is 2.29. The summed E-state index contributed by atoms with van der Waals surface area (Å²) < 4.78 is 81.8. The van der Waals surface area contributed by atoms with Gasteiger partial charge in [0, 0.05) is 13.7 Å². The van der Waals surface area contributed by atoms with Crippen LogP contribution in [-0.2, 0) is 17.8 Å². The third kappa shape index (κ3) is 4.63. The summed E-state index contributed by atoms with van der Waals surface area (Å²) in [5, 5.41) is 8.78. The first kappa shape index (κ1) is 22.9. The van der Waals surface area contributed by atoms with E-state index < -0.39 is 65.4 Å². The van der Waals surface area contributed by atoms with Gasteiger partial charge in [0.25, 0.3) is 5.56 Å². The van der Waals surface area contributed by atoms with Gasteiger partial charge in [-0.3, -0.25) is 13.9 Å². The smallest absolute Gasteiger partial charge is 0.416 e. The van der Waals surface area contributed by atoms with Crippen molar-refractivity contribution in [1.29, 1.82) is 0 Å². The number of carboxylic acid groups (broad SMARTS) is 1. The minimum atomic E-state index is -4.96. The second-order valence-corrected chi connectivity index (χ2v) is 7.02. The molecule has 0 aromatic carbocycles. The van der Waals surface area contributed by atoms with Crippen molar-refractivity contribution < 1.29 is 41.0 Å². The Morgan fingerprint density at radius 3 is 2.21 bits per heavy atom. The molecule has 0 amide bonds. The van der Waals surface area contributed by atoms with Crippen LogP contribution in [0.3, 0.4) is 0 Å². The minimum Gasteiger partial charge on any atom is -0.477 e. The van der Waals surface area contributed by atoms with E-state index in [2.05, 4.69) is 4.74 Å². The Balaban J connectivity index is 2.81. The monoisotopic (exact) mass is 448 g/mol. The van der Waals surface area contributed by atoms with Gasteiger partial charge in [0.15, 0.2) is 6.10 Å². The van der Waals surface area contributed by atoms with Crippen LogP contribution in [0.1, 0.15) is 21.7 Å². The van der Waals surface area contributed by atoms with E-state index in [9.17, 15) is 45.8 Å². The largest absolute Gasteiger partial charge is 0.477 e. The quantitative estimate of drug-likeness (QED) is 0.687. The summed E-state index contributed by atoms with van der Waals surface area (Å²) in [6.45, 7) is -1.11. The van der Waals surface area contributed by atoms with Crippen molar-refractivity contribution in [3.05, 3.63) is 31.3 Å². The third-order valence-corrected chi connectivity index (χ3v) is 5.41. The molecule has 0 spiro atoms. The lowest BCUT2D eigenvalue weighted by molar-refractivity contribution is -0.216. The lowest BCUT2D eigenvalue weighted by Gasteiger charge is -2.20. The summed E-state index contributed by atoms with van der Waals surface area (Å²) in [4.78, 5) is 35.8. The Morgan fingerprint density at radius 1 is 1.17 bits per heavy atom. The summed E-state index contributed by atoms with van der Waals surface area (Å²) in [7, 11) is 0.697. The second-order valence-electron chi connectivity index (χ2n) is 6.02. The maximum atomic E-state index is 13.0. The zero-order chi connectivity index (χ0) is 22.3. The number of rotatable bonds is 6. The number of methoxy groups -OCH3 is 1. The summed E-state index contributed by atoms with van der Waals surface area (Å²) in [5.41, 5.74) is -2.81. The molecule has 0 aliphatic carbocycles. The molecule has 14 heteroatoms. The maximum absolute atomic E-state index is 13.0. The Labute approximate surface area is 161 Å². The molecule has 1 unspecified atom stereocenters. The number of halogens is 6. The highest BCUT2D eigenvalue weighted by atomic mass is 32.1. The number of alkyl halides is 6. The van der Waals surface area contributed by atoms with E-state index in [1.165, 1.54) is 6.92 Å². The van der Waals surface area contributed by atoms with Crippen LogP contribution < -0.4 is 11.2 Å². The Morgan fingerprint density at radius 2 is 1.76 bits per heavy atom. The SMILES string of the molecule is COC(Cn1c(=O)c2c(C)c(C(=O)O)sc2n(CCC(F)(F)F)c1=O)C(F)(F)F. The average Bonchev–Trinajstić information content (AvgIpc) is 2.90. The number of aromatic carboxylic acids is 1. The number of aromatic nitrogens is 2. The van der Waals surface area contributed by atoms with E-state index in [-0.39, 0.29) is 15.0 Å². The topological polar surface area (TPSA) is 90.5 Å². The van der Waals surface area contributed by atoms with E-state index in [1.54, 1.807) is 0 Å². The number of hydrogen-bond donors (Lipinski definition) is 1. The van der Waals surface area contributed by atoms with Gasteiger partial charge in [0.1, 0.15) is 9.71 Å². The molecule has 2 aromatic heterocycles. The van der Waals surface area contributed by atoms with Crippen molar-refractivity contribution in [2.24, 2.45) is 0 Å². The van der Waals surface area contributed by atoms with Gasteiger partial charge < -0.3 is 9.84 Å². The van der Waals surface area contributed by atoms with Crippen LogP contribution >= 0.6 is 11.3 Å². The molecule has 7 nitrogen and oxygen atoms in total. The first-order chi connectivity index (χ1) is 13.2. The van der Waals surface area contributed by atoms with E-state index >= 15 is 0 Å². The molecule has 29 heavy (non-hydrogen) atoms. The molecule has 162 valence electrons. The number of nitrogens with zero attached hydrogens (tertiary/aromatic N) is 2. The number of carboxylic acids is 1. The van der Waals surface area contributed by atoms with Crippen LogP contribution in [0, 0.1) is 6.92 Å². The normalized spacial score (nSPS) is 13.8. The van der Waals surface area contributed by atoms with Gasteiger partial charge in [-0.15, -0.1) is 11.3 Å². The average molecular weight is 448 g/mol. The van der Waals surface area contributed by atoms with Gasteiger partial charge in [-0.2, -0.15) is 26.3 Å². The lowest BCUT2D eigenvalue weighted by Crippen LogP contribution is -2.46. The summed E-state index contributed by atoms with van der Waals surface area (Å²) >= 11 is 0.406. The standard InChI is InChI=1S/C15H14F6N2O5S/c1-6-8-10(24)23(5-7(28-2)15(19,20)21)13(27)22(4-3-14(16,17)18)11(8)29-9(6)12(25)26/h7H,3-5H2,1-2H3,(H,25,26). The predicted octanol–water partition coefficient (Wildman–Crippen LogP) is 2.76. The molecule has 1 atom stereocenters. The maximum Gasteiger partial charge on any atom is 0.416 e. The number of ether oxygens (including phenoxy) is 1. The molecular weight excluding hydrogens is 434 g/mol. The van der Waals surface area contributed by atoms with Gasteiger partial charge in [0.05, 0.1) is 18.4 Å². The van der Waals surface area contributed by atoms with E-state index in [0.29, 0.717) is 23.0 Å². The molecule has 2 heterocycles. The van der Waals surface area contributed by atoms with Gasteiger partial charge in [-0.05, 0) is 12.5 Å². The van der Waals surface area contributed by atoms with Gasteiger partial charge in [-0.1, -0.05) is 0 Å². The first-order valence-electron chi connectivity index (χ1n) is 7.85. The zero-order valence-electron chi connectivity index (χ0n) is 14.8. The minimum absolute atomic E-state index is 0.117. The Kier molecular flexibility index (Phi) is 6.18. The molecule has 0 bridgehead atoms. The third-order valence-electron chi connectivity index (χ3n) is 4.11. The van der Waals surface area contributed by atoms with Crippen molar-refractivity contribution in [2.45, 2.75) is 44.9 Å². The Bertz CT molecular complexity index is 1050. The van der Waals surface area contributed by atoms with Gasteiger partial charge >= 0.3 is 24.0 Å². The van der Waals surface area contributed by atoms with Crippen molar-refractivity contribution in [2.75, 3.05) is 7.11 Å². The van der Waals surface area contributed by atoms with Gasteiger partial charge in [-0.25, -0.2) is 9.59 Å². The van der Waals surface area contributed by atoms with E-state index in [0.717, 1.165) is 0 Å².